The van der Waals surface area contributed by atoms with Crippen LogP contribution in [0.5, 0.6) is 0 Å². The molecule has 1 unspecified atom stereocenters. The van der Waals surface area contributed by atoms with Crippen LogP contribution in [0.15, 0.2) is 22.7 Å². The molecule has 0 saturated heterocycles. The van der Waals surface area contributed by atoms with Crippen molar-refractivity contribution in [1.29, 1.82) is 0 Å². The number of rotatable bonds is 4. The van der Waals surface area contributed by atoms with Crippen molar-refractivity contribution in [3.63, 3.8) is 0 Å². The SMILES string of the molecule is CC(=O)NCCn1c(C(C)Cl)nc2cc(Br)ccc21. The highest BCUT2D eigenvalue weighted by Crippen LogP contribution is 2.26. The monoisotopic (exact) mass is 343 g/mol. The molecule has 0 aliphatic heterocycles. The van der Waals surface area contributed by atoms with Crippen LogP contribution in [0.3, 0.4) is 0 Å². The molecule has 0 radical (unpaired) electrons. The van der Waals surface area contributed by atoms with Crippen LogP contribution < -0.4 is 5.32 Å². The fourth-order valence-electron chi connectivity index (χ4n) is 2.00. The van der Waals surface area contributed by atoms with E-state index in [0.717, 1.165) is 21.3 Å². The summed E-state index contributed by atoms with van der Waals surface area (Å²) in [5.74, 6) is 0.785. The average molecular weight is 345 g/mol. The van der Waals surface area contributed by atoms with Crippen molar-refractivity contribution in [2.45, 2.75) is 25.8 Å². The zero-order chi connectivity index (χ0) is 14.0. The molecule has 0 fully saturated rings. The summed E-state index contributed by atoms with van der Waals surface area (Å²) in [5, 5.41) is 2.61. The Hall–Kier alpha value is -1.07. The maximum absolute atomic E-state index is 10.9. The molecule has 1 N–H and O–H groups in total. The number of carbonyl (C=O) groups excluding carboxylic acids is 1. The summed E-state index contributed by atoms with van der Waals surface area (Å²) >= 11 is 9.61. The van der Waals surface area contributed by atoms with Crippen molar-refractivity contribution >= 4 is 44.5 Å². The lowest BCUT2D eigenvalue weighted by molar-refractivity contribution is -0.118. The molecule has 102 valence electrons. The van der Waals surface area contributed by atoms with Gasteiger partial charge in [0.25, 0.3) is 0 Å². The Morgan fingerprint density at radius 1 is 1.58 bits per heavy atom. The summed E-state index contributed by atoms with van der Waals surface area (Å²) in [6.45, 7) is 4.62. The van der Waals surface area contributed by atoms with Gasteiger partial charge in [-0.1, -0.05) is 15.9 Å². The van der Waals surface area contributed by atoms with Gasteiger partial charge in [-0.2, -0.15) is 0 Å². The van der Waals surface area contributed by atoms with Crippen molar-refractivity contribution in [1.82, 2.24) is 14.9 Å². The van der Waals surface area contributed by atoms with Crippen molar-refractivity contribution in [2.24, 2.45) is 0 Å². The summed E-state index contributed by atoms with van der Waals surface area (Å²) in [6, 6.07) is 5.94. The predicted octanol–water partition coefficient (Wildman–Crippen LogP) is 3.23. The third kappa shape index (κ3) is 3.28. The molecule has 2 rings (SSSR count). The molecule has 19 heavy (non-hydrogen) atoms. The molecular formula is C13H15BrClN3O. The minimum Gasteiger partial charge on any atom is -0.355 e. The second-order valence-electron chi connectivity index (χ2n) is 4.35. The number of carbonyl (C=O) groups is 1. The third-order valence-corrected chi connectivity index (χ3v) is 3.49. The van der Waals surface area contributed by atoms with E-state index in [4.69, 9.17) is 11.6 Å². The van der Waals surface area contributed by atoms with Gasteiger partial charge in [0.15, 0.2) is 0 Å². The van der Waals surface area contributed by atoms with Gasteiger partial charge in [0.2, 0.25) is 5.91 Å². The van der Waals surface area contributed by atoms with Crippen LogP contribution in [0.2, 0.25) is 0 Å². The van der Waals surface area contributed by atoms with Crippen LogP contribution in [0.25, 0.3) is 11.0 Å². The van der Waals surface area contributed by atoms with Gasteiger partial charge in [0.05, 0.1) is 16.4 Å². The molecule has 2 aromatic rings. The van der Waals surface area contributed by atoms with Crippen LogP contribution in [-0.2, 0) is 11.3 Å². The summed E-state index contributed by atoms with van der Waals surface area (Å²) in [6.07, 6.45) is 0. The molecule has 1 aromatic heterocycles. The van der Waals surface area contributed by atoms with Crippen LogP contribution in [0, 0.1) is 0 Å². The maximum Gasteiger partial charge on any atom is 0.216 e. The van der Waals surface area contributed by atoms with E-state index in [0.29, 0.717) is 13.1 Å². The maximum atomic E-state index is 10.9. The molecule has 4 nitrogen and oxygen atoms in total. The van der Waals surface area contributed by atoms with Crippen LogP contribution in [0.1, 0.15) is 25.0 Å². The standard InChI is InChI=1S/C13H15BrClN3O/c1-8(15)13-17-11-7-10(14)3-4-12(11)18(13)6-5-16-9(2)19/h3-4,7-8H,5-6H2,1-2H3,(H,16,19). The zero-order valence-electron chi connectivity index (χ0n) is 10.8. The molecule has 6 heteroatoms. The number of alkyl halides is 1. The number of amides is 1. The predicted molar refractivity (Wildman–Crippen MR) is 80.4 cm³/mol. The molecule has 0 aliphatic rings. The number of hydrogen-bond donors (Lipinski definition) is 1. The molecule has 0 spiro atoms. The molecule has 0 bridgehead atoms. The second kappa shape index (κ2) is 5.92. The Balaban J connectivity index is 2.37. The van der Waals surface area contributed by atoms with E-state index in [1.807, 2.05) is 25.1 Å². The normalized spacial score (nSPS) is 12.6. The Labute approximate surface area is 125 Å². The smallest absolute Gasteiger partial charge is 0.216 e. The first-order valence-electron chi connectivity index (χ1n) is 6.03. The Bertz CT molecular complexity index is 609. The topological polar surface area (TPSA) is 46.9 Å². The molecule has 1 amide bonds. The highest BCUT2D eigenvalue weighted by molar-refractivity contribution is 9.10. The summed E-state index contributed by atoms with van der Waals surface area (Å²) < 4.78 is 3.04. The van der Waals surface area contributed by atoms with E-state index in [9.17, 15) is 4.79 Å². The molecule has 0 saturated carbocycles. The van der Waals surface area contributed by atoms with E-state index in [-0.39, 0.29) is 11.3 Å². The quantitative estimate of drug-likeness (QED) is 0.866. The average Bonchev–Trinajstić information content (AvgIpc) is 2.67. The van der Waals surface area contributed by atoms with Gasteiger partial charge in [-0.25, -0.2) is 4.98 Å². The minimum absolute atomic E-state index is 0.0346. The van der Waals surface area contributed by atoms with E-state index >= 15 is 0 Å². The zero-order valence-corrected chi connectivity index (χ0v) is 13.1. The van der Waals surface area contributed by atoms with Gasteiger partial charge in [0.1, 0.15) is 5.82 Å². The van der Waals surface area contributed by atoms with Gasteiger partial charge in [-0.05, 0) is 25.1 Å². The van der Waals surface area contributed by atoms with Gasteiger partial charge in [-0.3, -0.25) is 4.79 Å². The number of nitrogens with one attached hydrogen (secondary N) is 1. The van der Waals surface area contributed by atoms with Crippen LogP contribution in [-0.4, -0.2) is 22.0 Å². The van der Waals surface area contributed by atoms with Crippen LogP contribution >= 0.6 is 27.5 Å². The van der Waals surface area contributed by atoms with Crippen molar-refractivity contribution in [3.05, 3.63) is 28.5 Å². The van der Waals surface area contributed by atoms with Crippen molar-refractivity contribution < 1.29 is 4.79 Å². The van der Waals surface area contributed by atoms with Crippen LogP contribution in [0.4, 0.5) is 0 Å². The van der Waals surface area contributed by atoms with Crippen molar-refractivity contribution in [2.75, 3.05) is 6.54 Å². The number of hydrogen-bond acceptors (Lipinski definition) is 2. The number of aromatic nitrogens is 2. The first-order chi connectivity index (χ1) is 8.99. The number of imidazole rings is 1. The number of nitrogens with zero attached hydrogens (tertiary/aromatic N) is 2. The second-order valence-corrected chi connectivity index (χ2v) is 5.92. The molecular weight excluding hydrogens is 330 g/mol. The van der Waals surface area contributed by atoms with Gasteiger partial charge >= 0.3 is 0 Å². The third-order valence-electron chi connectivity index (χ3n) is 2.80. The van der Waals surface area contributed by atoms with E-state index in [1.54, 1.807) is 0 Å². The fourth-order valence-corrected chi connectivity index (χ4v) is 2.52. The van der Waals surface area contributed by atoms with Gasteiger partial charge in [-0.15, -0.1) is 11.6 Å². The lowest BCUT2D eigenvalue weighted by atomic mass is 10.3. The Morgan fingerprint density at radius 2 is 2.32 bits per heavy atom. The first kappa shape index (κ1) is 14.3. The highest BCUT2D eigenvalue weighted by Gasteiger charge is 2.14. The molecule has 1 aromatic carbocycles. The van der Waals surface area contributed by atoms with E-state index in [1.165, 1.54) is 6.92 Å². The first-order valence-corrected chi connectivity index (χ1v) is 7.26. The Kier molecular flexibility index (Phi) is 4.47. The molecule has 1 heterocycles. The number of fused-ring (bicyclic) bond motifs is 1. The van der Waals surface area contributed by atoms with E-state index in [2.05, 4.69) is 30.8 Å². The lowest BCUT2D eigenvalue weighted by Gasteiger charge is -2.10. The lowest BCUT2D eigenvalue weighted by Crippen LogP contribution is -2.25. The largest absolute Gasteiger partial charge is 0.355 e. The summed E-state index contributed by atoms with van der Waals surface area (Å²) in [7, 11) is 0. The van der Waals surface area contributed by atoms with E-state index < -0.39 is 0 Å². The Morgan fingerprint density at radius 3 is 2.95 bits per heavy atom. The molecule has 0 aliphatic carbocycles. The minimum atomic E-state index is -0.177. The van der Waals surface area contributed by atoms with Gasteiger partial charge in [0, 0.05) is 24.5 Å². The van der Waals surface area contributed by atoms with Crippen molar-refractivity contribution in [3.8, 4) is 0 Å². The number of halogens is 2. The van der Waals surface area contributed by atoms with Gasteiger partial charge < -0.3 is 9.88 Å². The highest BCUT2D eigenvalue weighted by atomic mass is 79.9. The number of benzene rings is 1. The summed E-state index contributed by atoms with van der Waals surface area (Å²) in [5.41, 5.74) is 1.93. The molecule has 1 atom stereocenters. The summed E-state index contributed by atoms with van der Waals surface area (Å²) in [4.78, 5) is 15.5. The fraction of sp³-hybridized carbons (Fsp3) is 0.385.